The van der Waals surface area contributed by atoms with E-state index in [9.17, 15) is 14.4 Å². The van der Waals surface area contributed by atoms with Crippen LogP contribution in [-0.2, 0) is 14.3 Å². The van der Waals surface area contributed by atoms with Crippen LogP contribution in [0, 0.1) is 5.92 Å². The second-order valence-electron chi connectivity index (χ2n) is 9.54. The third kappa shape index (κ3) is 4.46. The van der Waals surface area contributed by atoms with Gasteiger partial charge < -0.3 is 25.0 Å². The van der Waals surface area contributed by atoms with E-state index >= 15 is 0 Å². The molecule has 8 nitrogen and oxygen atoms in total. The number of hydrogen-bond donors (Lipinski definition) is 2. The summed E-state index contributed by atoms with van der Waals surface area (Å²) < 4.78 is 12.2. The zero-order valence-corrected chi connectivity index (χ0v) is 18.5. The average molecular weight is 442 g/mol. The Labute approximate surface area is 188 Å². The molecule has 0 unspecified atom stereocenters. The number of nitrogens with zero attached hydrogens (tertiary/aromatic N) is 1. The average Bonchev–Trinajstić information content (AvgIpc) is 3.59. The molecule has 0 bridgehead atoms. The van der Waals surface area contributed by atoms with Gasteiger partial charge in [-0.15, -0.1) is 0 Å². The summed E-state index contributed by atoms with van der Waals surface area (Å²) in [5, 5.41) is 5.97. The molecule has 2 aliphatic heterocycles. The van der Waals surface area contributed by atoms with Crippen LogP contribution in [0.15, 0.2) is 18.2 Å². The minimum Gasteiger partial charge on any atom is -0.490 e. The number of rotatable bonds is 5. The van der Waals surface area contributed by atoms with Crippen LogP contribution >= 0.6 is 0 Å². The topological polar surface area (TPSA) is 97.0 Å². The Kier molecular flexibility index (Phi) is 5.80. The molecule has 0 aromatic heterocycles. The van der Waals surface area contributed by atoms with Crippen molar-refractivity contribution in [3.63, 3.8) is 0 Å². The molecule has 2 N–H and O–H groups in total. The van der Waals surface area contributed by atoms with Crippen molar-refractivity contribution in [2.75, 3.05) is 19.0 Å². The van der Waals surface area contributed by atoms with Gasteiger partial charge in [-0.2, -0.15) is 0 Å². The SMILES string of the molecule is CN1C(=O)c2cc(NC(=O)C3CC3)ccc2OC[C@H]2O[C@@H](CC(=O)NC3CCC3)CC[C@H]21. The largest absolute Gasteiger partial charge is 0.490 e. The maximum atomic E-state index is 13.3. The molecule has 32 heavy (non-hydrogen) atoms. The van der Waals surface area contributed by atoms with Crippen molar-refractivity contribution in [1.82, 2.24) is 10.2 Å². The zero-order chi connectivity index (χ0) is 22.2. The summed E-state index contributed by atoms with van der Waals surface area (Å²) >= 11 is 0. The summed E-state index contributed by atoms with van der Waals surface area (Å²) in [7, 11) is 1.79. The molecule has 8 heteroatoms. The molecule has 2 aliphatic carbocycles. The molecule has 5 rings (SSSR count). The van der Waals surface area contributed by atoms with Gasteiger partial charge in [0.05, 0.1) is 24.1 Å². The molecule has 2 saturated carbocycles. The number of fused-ring (bicyclic) bond motifs is 2. The lowest BCUT2D eigenvalue weighted by Crippen LogP contribution is -2.54. The van der Waals surface area contributed by atoms with E-state index in [1.165, 1.54) is 6.42 Å². The van der Waals surface area contributed by atoms with Crippen LogP contribution in [-0.4, -0.2) is 60.6 Å². The van der Waals surface area contributed by atoms with E-state index in [1.807, 2.05) is 0 Å². The Morgan fingerprint density at radius 1 is 1.12 bits per heavy atom. The van der Waals surface area contributed by atoms with Gasteiger partial charge in [0.2, 0.25) is 11.8 Å². The molecule has 0 spiro atoms. The Morgan fingerprint density at radius 3 is 2.66 bits per heavy atom. The van der Waals surface area contributed by atoms with Crippen LogP contribution < -0.4 is 15.4 Å². The van der Waals surface area contributed by atoms with Gasteiger partial charge in [0.1, 0.15) is 18.5 Å². The summed E-state index contributed by atoms with van der Waals surface area (Å²) in [6, 6.07) is 5.40. The predicted octanol–water partition coefficient (Wildman–Crippen LogP) is 2.47. The molecule has 1 aromatic rings. The van der Waals surface area contributed by atoms with Crippen molar-refractivity contribution in [2.24, 2.45) is 5.92 Å². The molecular weight excluding hydrogens is 410 g/mol. The fraction of sp³-hybridized carbons (Fsp3) is 0.625. The molecule has 3 amide bonds. The van der Waals surface area contributed by atoms with Crippen LogP contribution in [0.1, 0.15) is 61.7 Å². The van der Waals surface area contributed by atoms with Gasteiger partial charge in [-0.25, -0.2) is 0 Å². The lowest BCUT2D eigenvalue weighted by molar-refractivity contribution is -0.135. The normalized spacial score (nSPS) is 27.7. The number of anilines is 1. The van der Waals surface area contributed by atoms with E-state index in [1.54, 1.807) is 30.1 Å². The Balaban J connectivity index is 1.25. The maximum absolute atomic E-state index is 13.3. The van der Waals surface area contributed by atoms with Gasteiger partial charge in [-0.05, 0) is 63.1 Å². The summed E-state index contributed by atoms with van der Waals surface area (Å²) in [6.07, 6.45) is 6.53. The highest BCUT2D eigenvalue weighted by molar-refractivity contribution is 6.00. The smallest absolute Gasteiger partial charge is 0.257 e. The van der Waals surface area contributed by atoms with Crippen molar-refractivity contribution < 1.29 is 23.9 Å². The second kappa shape index (κ2) is 8.73. The summed E-state index contributed by atoms with van der Waals surface area (Å²) in [4.78, 5) is 39.4. The van der Waals surface area contributed by atoms with Crippen LogP contribution in [0.2, 0.25) is 0 Å². The fourth-order valence-corrected chi connectivity index (χ4v) is 4.74. The molecule has 3 fully saturated rings. The van der Waals surface area contributed by atoms with Crippen molar-refractivity contribution in [3.8, 4) is 5.75 Å². The second-order valence-corrected chi connectivity index (χ2v) is 9.54. The van der Waals surface area contributed by atoms with Gasteiger partial charge in [-0.1, -0.05) is 0 Å². The number of carbonyl (C=O) groups excluding carboxylic acids is 3. The molecule has 3 atom stereocenters. The highest BCUT2D eigenvalue weighted by Crippen LogP contribution is 2.34. The first kappa shape index (κ1) is 21.2. The van der Waals surface area contributed by atoms with Crippen molar-refractivity contribution >= 4 is 23.4 Å². The first-order chi connectivity index (χ1) is 15.5. The van der Waals surface area contributed by atoms with Gasteiger partial charge in [0.25, 0.3) is 5.91 Å². The number of ether oxygens (including phenoxy) is 2. The van der Waals surface area contributed by atoms with Gasteiger partial charge in [0, 0.05) is 24.7 Å². The predicted molar refractivity (Wildman–Crippen MR) is 117 cm³/mol. The van der Waals surface area contributed by atoms with Crippen LogP contribution in [0.5, 0.6) is 5.75 Å². The van der Waals surface area contributed by atoms with Crippen LogP contribution in [0.3, 0.4) is 0 Å². The fourth-order valence-electron chi connectivity index (χ4n) is 4.74. The van der Waals surface area contributed by atoms with E-state index in [4.69, 9.17) is 9.47 Å². The third-order valence-electron chi connectivity index (χ3n) is 7.11. The quantitative estimate of drug-likeness (QED) is 0.732. The van der Waals surface area contributed by atoms with Crippen LogP contribution in [0.4, 0.5) is 5.69 Å². The first-order valence-electron chi connectivity index (χ1n) is 11.8. The minimum absolute atomic E-state index is 0.00523. The van der Waals surface area contributed by atoms with Crippen molar-refractivity contribution in [3.05, 3.63) is 23.8 Å². The lowest BCUT2D eigenvalue weighted by atomic mass is 9.92. The molecule has 0 radical (unpaired) electrons. The van der Waals surface area contributed by atoms with E-state index < -0.39 is 0 Å². The monoisotopic (exact) mass is 441 g/mol. The first-order valence-corrected chi connectivity index (χ1v) is 11.8. The summed E-state index contributed by atoms with van der Waals surface area (Å²) in [6.45, 7) is 0.309. The number of hydrogen-bond acceptors (Lipinski definition) is 5. The van der Waals surface area contributed by atoms with Crippen LogP contribution in [0.25, 0.3) is 0 Å². The Bertz CT molecular complexity index is 911. The van der Waals surface area contributed by atoms with E-state index in [0.717, 1.165) is 38.5 Å². The molecule has 1 saturated heterocycles. The minimum atomic E-state index is -0.290. The Hall–Kier alpha value is -2.61. The number of amides is 3. The maximum Gasteiger partial charge on any atom is 0.257 e. The number of carbonyl (C=O) groups is 3. The standard InChI is InChI=1S/C24H31N3O5/c1-27-19-9-8-17(12-22(28)25-15-3-2-4-15)32-21(19)13-31-20-10-7-16(11-18(20)24(27)30)26-23(29)14-5-6-14/h7,10-11,14-15,17,19,21H,2-6,8-9,12-13H2,1H3,(H,25,28)(H,26,29)/t17-,19-,21-/m1/s1. The number of nitrogens with one attached hydrogen (secondary N) is 2. The van der Waals surface area contributed by atoms with E-state index in [0.29, 0.717) is 36.1 Å². The molecule has 172 valence electrons. The van der Waals surface area contributed by atoms with E-state index in [2.05, 4.69) is 10.6 Å². The van der Waals surface area contributed by atoms with Crippen molar-refractivity contribution in [2.45, 2.75) is 75.7 Å². The molecule has 2 heterocycles. The van der Waals surface area contributed by atoms with Gasteiger partial charge in [0.15, 0.2) is 0 Å². The number of likely N-dealkylation sites (N-methyl/N-ethyl adjacent to an activating group) is 1. The highest BCUT2D eigenvalue weighted by Gasteiger charge is 2.39. The molecule has 4 aliphatic rings. The number of benzene rings is 1. The zero-order valence-electron chi connectivity index (χ0n) is 18.5. The lowest BCUT2D eigenvalue weighted by Gasteiger charge is -2.42. The van der Waals surface area contributed by atoms with Crippen molar-refractivity contribution in [1.29, 1.82) is 0 Å². The molecular formula is C24H31N3O5. The summed E-state index contributed by atoms with van der Waals surface area (Å²) in [5.74, 6) is 0.474. The van der Waals surface area contributed by atoms with E-state index in [-0.39, 0.29) is 41.9 Å². The van der Waals surface area contributed by atoms with Gasteiger partial charge in [-0.3, -0.25) is 14.4 Å². The highest BCUT2D eigenvalue weighted by atomic mass is 16.5. The van der Waals surface area contributed by atoms with Gasteiger partial charge >= 0.3 is 0 Å². The molecule has 1 aromatic carbocycles. The third-order valence-corrected chi connectivity index (χ3v) is 7.11. The summed E-state index contributed by atoms with van der Waals surface area (Å²) in [5.41, 5.74) is 1.06. The Morgan fingerprint density at radius 2 is 1.94 bits per heavy atom.